The molecule has 0 spiro atoms. The second-order valence-electron chi connectivity index (χ2n) is 14.1. The second kappa shape index (κ2) is 14.2. The van der Waals surface area contributed by atoms with E-state index >= 15 is 0 Å². The van der Waals surface area contributed by atoms with Crippen LogP contribution in [0.15, 0.2) is 170 Å². The monoisotopic (exact) mass is 775 g/mol. The lowest BCUT2D eigenvalue weighted by Crippen LogP contribution is -2.07. The minimum atomic E-state index is -4.67. The molecule has 0 fully saturated rings. The molecule has 284 valence electrons. The average molecular weight is 776 g/mol. The Morgan fingerprint density at radius 3 is 1.43 bits per heavy atom. The third kappa shape index (κ3) is 6.78. The van der Waals surface area contributed by atoms with Gasteiger partial charge in [0.1, 0.15) is 0 Å². The van der Waals surface area contributed by atoms with Gasteiger partial charge in [-0.1, -0.05) is 115 Å². The molecule has 2 heterocycles. The molecule has 9 rings (SSSR count). The first-order valence-electron chi connectivity index (χ1n) is 18.5. The fourth-order valence-electron chi connectivity index (χ4n) is 7.59. The van der Waals surface area contributed by atoms with Crippen molar-refractivity contribution in [2.75, 3.05) is 0 Å². The number of rotatable bonds is 6. The van der Waals surface area contributed by atoms with Crippen molar-refractivity contribution in [3.8, 4) is 61.8 Å². The van der Waals surface area contributed by atoms with Crippen LogP contribution < -0.4 is 0 Å². The van der Waals surface area contributed by atoms with Gasteiger partial charge in [0, 0.05) is 38.6 Å². The van der Waals surface area contributed by atoms with E-state index in [2.05, 4.69) is 0 Å². The molecule has 0 amide bonds. The zero-order chi connectivity index (χ0) is 40.2. The topological polar surface area (TPSA) is 30.7 Å². The van der Waals surface area contributed by atoms with Crippen LogP contribution in [0.4, 0.5) is 26.3 Å². The number of aromatic nitrogens is 3. The van der Waals surface area contributed by atoms with E-state index in [1.165, 1.54) is 12.1 Å². The molecule has 0 bridgehead atoms. The van der Waals surface area contributed by atoms with Gasteiger partial charge in [-0.05, 0) is 78.7 Å². The smallest absolute Gasteiger partial charge is 0.308 e. The summed E-state index contributed by atoms with van der Waals surface area (Å²) in [7, 11) is 0. The number of hydrogen-bond acceptors (Lipinski definition) is 2. The Morgan fingerprint density at radius 2 is 0.897 bits per heavy atom. The molecular weight excluding hydrogens is 745 g/mol. The van der Waals surface area contributed by atoms with Crippen molar-refractivity contribution in [3.05, 3.63) is 187 Å². The maximum Gasteiger partial charge on any atom is 0.416 e. The molecule has 0 aliphatic heterocycles. The molecule has 0 saturated heterocycles. The minimum absolute atomic E-state index is 0.209. The summed E-state index contributed by atoms with van der Waals surface area (Å²) < 4.78 is 88.6. The van der Waals surface area contributed by atoms with Gasteiger partial charge in [-0.25, -0.2) is 9.97 Å². The summed E-state index contributed by atoms with van der Waals surface area (Å²) >= 11 is 0. The molecule has 9 aromatic rings. The Labute approximate surface area is 329 Å². The van der Waals surface area contributed by atoms with Crippen LogP contribution in [0.3, 0.4) is 0 Å². The molecule has 7 aromatic carbocycles. The minimum Gasteiger partial charge on any atom is -0.308 e. The molecule has 0 aliphatic rings. The summed E-state index contributed by atoms with van der Waals surface area (Å²) in [6, 6.07) is 47.9. The predicted molar refractivity (Wildman–Crippen MR) is 218 cm³/mol. The van der Waals surface area contributed by atoms with Crippen molar-refractivity contribution >= 4 is 21.8 Å². The first-order valence-corrected chi connectivity index (χ1v) is 18.5. The first kappa shape index (κ1) is 36.6. The van der Waals surface area contributed by atoms with E-state index in [-0.39, 0.29) is 17.0 Å². The number of para-hydroxylation sites is 1. The highest BCUT2D eigenvalue weighted by Crippen LogP contribution is 2.46. The van der Waals surface area contributed by atoms with E-state index in [9.17, 15) is 26.3 Å². The van der Waals surface area contributed by atoms with Gasteiger partial charge in [0.05, 0.1) is 39.2 Å². The van der Waals surface area contributed by atoms with Gasteiger partial charge in [0.2, 0.25) is 0 Å². The number of aryl methyl sites for hydroxylation is 1. The normalized spacial score (nSPS) is 12.1. The number of halogens is 6. The second-order valence-corrected chi connectivity index (χ2v) is 14.1. The summed E-state index contributed by atoms with van der Waals surface area (Å²) in [6.45, 7) is 1.97. The van der Waals surface area contributed by atoms with Crippen molar-refractivity contribution in [2.45, 2.75) is 19.3 Å². The number of nitrogens with zero attached hydrogens (tertiary/aromatic N) is 3. The van der Waals surface area contributed by atoms with Gasteiger partial charge in [-0.3, -0.25) is 0 Å². The van der Waals surface area contributed by atoms with Crippen LogP contribution in [0.25, 0.3) is 83.6 Å². The predicted octanol–water partition coefficient (Wildman–Crippen LogP) is 14.3. The molecule has 0 radical (unpaired) electrons. The Bertz CT molecular complexity index is 2850. The molecule has 0 atom stereocenters. The highest BCUT2D eigenvalue weighted by Gasteiger charge is 2.33. The quantitative estimate of drug-likeness (QED) is 0.158. The van der Waals surface area contributed by atoms with Gasteiger partial charge in [0.15, 0.2) is 5.82 Å². The van der Waals surface area contributed by atoms with E-state index in [0.29, 0.717) is 33.8 Å². The fourth-order valence-corrected chi connectivity index (χ4v) is 7.59. The van der Waals surface area contributed by atoms with E-state index in [4.69, 9.17) is 9.97 Å². The molecular formula is C49H31F6N3. The summed E-state index contributed by atoms with van der Waals surface area (Å²) in [6.07, 6.45) is -9.33. The van der Waals surface area contributed by atoms with Crippen molar-refractivity contribution < 1.29 is 26.3 Å². The lowest BCUT2D eigenvalue weighted by Gasteiger charge is -2.22. The number of fused-ring (bicyclic) bond motifs is 3. The van der Waals surface area contributed by atoms with Gasteiger partial charge in [-0.2, -0.15) is 26.3 Å². The van der Waals surface area contributed by atoms with E-state index in [1.807, 2.05) is 121 Å². The van der Waals surface area contributed by atoms with E-state index in [1.54, 1.807) is 24.3 Å². The zero-order valence-electron chi connectivity index (χ0n) is 30.8. The molecule has 0 N–H and O–H groups in total. The molecule has 0 unspecified atom stereocenters. The first-order chi connectivity index (χ1) is 27.9. The average Bonchev–Trinajstić information content (AvgIpc) is 3.56. The Morgan fingerprint density at radius 1 is 0.414 bits per heavy atom. The largest absolute Gasteiger partial charge is 0.416 e. The summed E-state index contributed by atoms with van der Waals surface area (Å²) in [5, 5.41) is 1.76. The third-order valence-electron chi connectivity index (χ3n) is 10.3. The Hall–Kier alpha value is -7.00. The van der Waals surface area contributed by atoms with Crippen molar-refractivity contribution in [2.24, 2.45) is 0 Å². The number of alkyl halides is 6. The number of benzene rings is 7. The molecule has 58 heavy (non-hydrogen) atoms. The number of hydrogen-bond donors (Lipinski definition) is 0. The highest BCUT2D eigenvalue weighted by atomic mass is 19.4. The molecule has 2 aromatic heterocycles. The maximum absolute atomic E-state index is 14.4. The van der Waals surface area contributed by atoms with E-state index in [0.717, 1.165) is 62.8 Å². The van der Waals surface area contributed by atoms with Crippen LogP contribution in [-0.2, 0) is 12.4 Å². The van der Waals surface area contributed by atoms with Crippen LogP contribution in [0.5, 0.6) is 0 Å². The van der Waals surface area contributed by atoms with Crippen LogP contribution in [0.2, 0.25) is 0 Å². The molecule has 3 nitrogen and oxygen atoms in total. The van der Waals surface area contributed by atoms with Gasteiger partial charge in [-0.15, -0.1) is 0 Å². The van der Waals surface area contributed by atoms with Crippen molar-refractivity contribution in [1.29, 1.82) is 0 Å². The lowest BCUT2D eigenvalue weighted by atomic mass is 9.91. The Balaban J connectivity index is 1.45. The standard InChI is InChI=1S/C49H31F6N3/c1-30-22-23-45-41(24-30)38-20-8-9-21-44(38)58(45)46-39(33-16-10-18-36(25-33)48(50,51)52)27-35(28-40(46)34-17-11-19-37(26-34)49(53,54)55)47-56-42(31-12-4-2-5-13-31)29-43(57-47)32-14-6-3-7-15-32/h2-29H,1H3. The van der Waals surface area contributed by atoms with Crippen LogP contribution in [-0.4, -0.2) is 14.5 Å². The van der Waals surface area contributed by atoms with Crippen LogP contribution >= 0.6 is 0 Å². The van der Waals surface area contributed by atoms with E-state index < -0.39 is 23.5 Å². The maximum atomic E-state index is 14.4. The zero-order valence-corrected chi connectivity index (χ0v) is 30.8. The van der Waals surface area contributed by atoms with Crippen molar-refractivity contribution in [3.63, 3.8) is 0 Å². The van der Waals surface area contributed by atoms with Gasteiger partial charge in [0.25, 0.3) is 0 Å². The fraction of sp³-hybridized carbons (Fsp3) is 0.0612. The summed E-state index contributed by atoms with van der Waals surface area (Å²) in [5.74, 6) is 0.242. The summed E-state index contributed by atoms with van der Waals surface area (Å²) in [4.78, 5) is 10.0. The Kier molecular flexibility index (Phi) is 8.96. The third-order valence-corrected chi connectivity index (χ3v) is 10.3. The van der Waals surface area contributed by atoms with Crippen molar-refractivity contribution in [1.82, 2.24) is 14.5 Å². The SMILES string of the molecule is Cc1ccc2c(c1)c1ccccc1n2-c1c(-c2cccc(C(F)(F)F)c2)cc(-c2nc(-c3ccccc3)cc(-c3ccccc3)n2)cc1-c1cccc(C(F)(F)F)c1. The van der Waals surface area contributed by atoms with Gasteiger partial charge < -0.3 is 4.57 Å². The molecule has 9 heteroatoms. The van der Waals surface area contributed by atoms with Gasteiger partial charge >= 0.3 is 12.4 Å². The lowest BCUT2D eigenvalue weighted by molar-refractivity contribution is -0.138. The summed E-state index contributed by atoms with van der Waals surface area (Å²) in [5.41, 5.74) is 5.40. The van der Waals surface area contributed by atoms with Crippen LogP contribution in [0.1, 0.15) is 16.7 Å². The highest BCUT2D eigenvalue weighted by molar-refractivity contribution is 6.11. The molecule has 0 aliphatic carbocycles. The molecule has 0 saturated carbocycles. The van der Waals surface area contributed by atoms with Crippen LogP contribution in [0, 0.1) is 6.92 Å².